The third kappa shape index (κ3) is 3.93. The summed E-state index contributed by atoms with van der Waals surface area (Å²) in [7, 11) is 0. The van der Waals surface area contributed by atoms with E-state index in [9.17, 15) is 14.9 Å². The molecule has 1 aromatic carbocycles. The molecule has 0 atom stereocenters. The van der Waals surface area contributed by atoms with Crippen LogP contribution in [0.25, 0.3) is 10.9 Å². The quantitative estimate of drug-likeness (QED) is 0.478. The van der Waals surface area contributed by atoms with E-state index in [2.05, 4.69) is 5.32 Å². The molecule has 1 fully saturated rings. The number of hydrogen-bond donors (Lipinski definition) is 1. The number of carbonyl (C=O) groups excluding carboxylic acids is 1. The Labute approximate surface area is 141 Å². The van der Waals surface area contributed by atoms with E-state index in [4.69, 9.17) is 0 Å². The van der Waals surface area contributed by atoms with Crippen LogP contribution >= 0.6 is 0 Å². The normalized spacial score (nSPS) is 15.0. The molecule has 2 aromatic rings. The van der Waals surface area contributed by atoms with Gasteiger partial charge in [-0.3, -0.25) is 14.9 Å². The van der Waals surface area contributed by atoms with Crippen LogP contribution in [0, 0.1) is 16.0 Å². The van der Waals surface area contributed by atoms with E-state index in [-0.39, 0.29) is 18.1 Å². The summed E-state index contributed by atoms with van der Waals surface area (Å²) < 4.78 is 1.82. The number of nitrogens with one attached hydrogen (secondary N) is 1. The van der Waals surface area contributed by atoms with Crippen LogP contribution in [0.5, 0.6) is 0 Å². The molecule has 0 spiro atoms. The van der Waals surface area contributed by atoms with Gasteiger partial charge in [0.15, 0.2) is 0 Å². The number of fused-ring (bicyclic) bond motifs is 1. The first-order valence-corrected chi connectivity index (χ1v) is 8.63. The highest BCUT2D eigenvalue weighted by Gasteiger charge is 2.14. The summed E-state index contributed by atoms with van der Waals surface area (Å²) in [5.41, 5.74) is 0.901. The van der Waals surface area contributed by atoms with Crippen molar-refractivity contribution >= 4 is 22.5 Å². The van der Waals surface area contributed by atoms with Crippen molar-refractivity contribution in [2.75, 3.05) is 6.54 Å². The van der Waals surface area contributed by atoms with Crippen molar-refractivity contribution in [3.05, 3.63) is 40.6 Å². The lowest BCUT2D eigenvalue weighted by molar-refractivity contribution is -0.384. The van der Waals surface area contributed by atoms with Crippen molar-refractivity contribution in [3.63, 3.8) is 0 Å². The monoisotopic (exact) mass is 329 g/mol. The summed E-state index contributed by atoms with van der Waals surface area (Å²) in [5.74, 6) is 0.836. The van der Waals surface area contributed by atoms with E-state index < -0.39 is 4.92 Å². The van der Waals surface area contributed by atoms with Gasteiger partial charge in [-0.1, -0.05) is 25.7 Å². The van der Waals surface area contributed by atoms with Crippen molar-refractivity contribution in [1.29, 1.82) is 0 Å². The molecule has 1 aliphatic rings. The second kappa shape index (κ2) is 7.47. The number of carbonyl (C=O) groups is 1. The van der Waals surface area contributed by atoms with E-state index in [0.29, 0.717) is 0 Å². The van der Waals surface area contributed by atoms with Gasteiger partial charge in [-0.05, 0) is 30.9 Å². The van der Waals surface area contributed by atoms with E-state index in [0.717, 1.165) is 29.8 Å². The van der Waals surface area contributed by atoms with Crippen molar-refractivity contribution in [3.8, 4) is 0 Å². The molecule has 1 aliphatic carbocycles. The zero-order valence-electron chi connectivity index (χ0n) is 13.7. The molecule has 0 unspecified atom stereocenters. The Morgan fingerprint density at radius 2 is 2.08 bits per heavy atom. The first-order valence-electron chi connectivity index (χ1n) is 8.63. The second-order valence-electron chi connectivity index (χ2n) is 6.59. The first kappa shape index (κ1) is 16.5. The minimum atomic E-state index is -0.409. The lowest BCUT2D eigenvalue weighted by Gasteiger charge is -2.10. The van der Waals surface area contributed by atoms with Crippen molar-refractivity contribution in [2.24, 2.45) is 5.92 Å². The van der Waals surface area contributed by atoms with Crippen LogP contribution in [-0.2, 0) is 11.3 Å². The van der Waals surface area contributed by atoms with Gasteiger partial charge in [0, 0.05) is 35.8 Å². The van der Waals surface area contributed by atoms with Crippen LogP contribution in [0.3, 0.4) is 0 Å². The lowest BCUT2D eigenvalue weighted by atomic mass is 10.0. The zero-order valence-corrected chi connectivity index (χ0v) is 13.7. The number of benzene rings is 1. The number of non-ortho nitro benzene ring substituents is 1. The molecule has 0 saturated heterocycles. The maximum atomic E-state index is 12.1. The molecule has 128 valence electrons. The van der Waals surface area contributed by atoms with Gasteiger partial charge in [-0.25, -0.2) is 0 Å². The molecule has 24 heavy (non-hydrogen) atoms. The van der Waals surface area contributed by atoms with Gasteiger partial charge in [-0.2, -0.15) is 0 Å². The Balaban J connectivity index is 1.50. The van der Waals surface area contributed by atoms with Crippen LogP contribution in [-0.4, -0.2) is 21.9 Å². The number of hydrogen-bond acceptors (Lipinski definition) is 3. The highest BCUT2D eigenvalue weighted by atomic mass is 16.6. The average molecular weight is 329 g/mol. The molecule has 6 nitrogen and oxygen atoms in total. The molecular weight excluding hydrogens is 306 g/mol. The third-order valence-electron chi connectivity index (χ3n) is 4.87. The van der Waals surface area contributed by atoms with Gasteiger partial charge in [0.05, 0.1) is 4.92 Å². The number of amides is 1. The average Bonchev–Trinajstić information content (AvgIpc) is 3.21. The number of nitro groups is 1. The van der Waals surface area contributed by atoms with Gasteiger partial charge in [0.1, 0.15) is 6.54 Å². The summed E-state index contributed by atoms with van der Waals surface area (Å²) in [6, 6.07) is 6.50. The van der Waals surface area contributed by atoms with E-state index >= 15 is 0 Å². The number of nitro benzene ring substituents is 1. The van der Waals surface area contributed by atoms with E-state index in [1.54, 1.807) is 18.3 Å². The first-order chi connectivity index (χ1) is 11.6. The van der Waals surface area contributed by atoms with Crippen LogP contribution in [0.15, 0.2) is 30.5 Å². The molecule has 1 heterocycles. The number of nitrogens with zero attached hydrogens (tertiary/aromatic N) is 2. The molecule has 1 aromatic heterocycles. The lowest BCUT2D eigenvalue weighted by Crippen LogP contribution is -2.28. The smallest absolute Gasteiger partial charge is 0.270 e. The zero-order chi connectivity index (χ0) is 16.9. The Morgan fingerprint density at radius 1 is 1.29 bits per heavy atom. The standard InChI is InChI=1S/C18H23N3O3/c22-18(19-10-3-6-14-4-1-2-5-14)13-20-11-9-15-12-16(21(23)24)7-8-17(15)20/h7-9,11-12,14H,1-6,10,13H2,(H,19,22). The van der Waals surface area contributed by atoms with Crippen LogP contribution < -0.4 is 5.32 Å². The predicted molar refractivity (Wildman–Crippen MR) is 92.8 cm³/mol. The predicted octanol–water partition coefficient (Wildman–Crippen LogP) is 3.64. The minimum Gasteiger partial charge on any atom is -0.355 e. The van der Waals surface area contributed by atoms with Gasteiger partial charge in [-0.15, -0.1) is 0 Å². The van der Waals surface area contributed by atoms with Gasteiger partial charge >= 0.3 is 0 Å². The maximum Gasteiger partial charge on any atom is 0.270 e. The molecule has 0 radical (unpaired) electrons. The highest BCUT2D eigenvalue weighted by molar-refractivity contribution is 5.85. The molecule has 0 bridgehead atoms. The van der Waals surface area contributed by atoms with Crippen LogP contribution in [0.4, 0.5) is 5.69 Å². The number of rotatable bonds is 7. The molecule has 1 amide bonds. The van der Waals surface area contributed by atoms with E-state index in [1.165, 1.54) is 44.2 Å². The fourth-order valence-electron chi connectivity index (χ4n) is 3.57. The summed E-state index contributed by atoms with van der Waals surface area (Å²) >= 11 is 0. The van der Waals surface area contributed by atoms with Crippen molar-refractivity contribution < 1.29 is 9.72 Å². The Kier molecular flexibility index (Phi) is 5.13. The summed E-state index contributed by atoms with van der Waals surface area (Å²) in [6.45, 7) is 0.963. The van der Waals surface area contributed by atoms with Gasteiger partial charge in [0.25, 0.3) is 5.69 Å². The SMILES string of the molecule is O=C(Cn1ccc2cc([N+](=O)[O-])ccc21)NCCCC1CCCC1. The Hall–Kier alpha value is -2.37. The fraction of sp³-hybridized carbons (Fsp3) is 0.500. The summed E-state index contributed by atoms with van der Waals surface area (Å²) in [6.07, 6.45) is 9.44. The second-order valence-corrected chi connectivity index (χ2v) is 6.59. The highest BCUT2D eigenvalue weighted by Crippen LogP contribution is 2.28. The summed E-state index contributed by atoms with van der Waals surface area (Å²) in [4.78, 5) is 22.5. The molecule has 3 rings (SSSR count). The molecular formula is C18H23N3O3. The third-order valence-corrected chi connectivity index (χ3v) is 4.87. The van der Waals surface area contributed by atoms with Crippen molar-refractivity contribution in [2.45, 2.75) is 45.1 Å². The summed E-state index contributed by atoms with van der Waals surface area (Å²) in [5, 5.41) is 14.6. The fourth-order valence-corrected chi connectivity index (χ4v) is 3.57. The van der Waals surface area contributed by atoms with E-state index in [1.807, 2.05) is 4.57 Å². The molecule has 1 saturated carbocycles. The van der Waals surface area contributed by atoms with Gasteiger partial charge < -0.3 is 9.88 Å². The topological polar surface area (TPSA) is 77.2 Å². The molecule has 1 N–H and O–H groups in total. The van der Waals surface area contributed by atoms with Crippen LogP contribution in [0.1, 0.15) is 38.5 Å². The van der Waals surface area contributed by atoms with Crippen LogP contribution in [0.2, 0.25) is 0 Å². The number of aromatic nitrogens is 1. The Bertz CT molecular complexity index is 732. The Morgan fingerprint density at radius 3 is 2.83 bits per heavy atom. The van der Waals surface area contributed by atoms with Crippen molar-refractivity contribution in [1.82, 2.24) is 9.88 Å². The van der Waals surface area contributed by atoms with Gasteiger partial charge in [0.2, 0.25) is 5.91 Å². The maximum absolute atomic E-state index is 12.1. The largest absolute Gasteiger partial charge is 0.355 e. The molecule has 6 heteroatoms. The molecule has 0 aliphatic heterocycles. The minimum absolute atomic E-state index is 0.0164.